The molecule has 0 fully saturated rings. The molecule has 0 N–H and O–H groups in total. The third-order valence-electron chi connectivity index (χ3n) is 4.46. The number of aryl methyl sites for hydroxylation is 1. The molecule has 24 heavy (non-hydrogen) atoms. The highest BCUT2D eigenvalue weighted by Gasteiger charge is 2.19. The molecule has 3 heterocycles. The number of pyridine rings is 1. The number of halogens is 1. The van der Waals surface area contributed by atoms with Crippen molar-refractivity contribution in [3.63, 3.8) is 0 Å². The van der Waals surface area contributed by atoms with Gasteiger partial charge in [0, 0.05) is 55.8 Å². The summed E-state index contributed by atoms with van der Waals surface area (Å²) in [5, 5.41) is 6.13. The zero-order valence-corrected chi connectivity index (χ0v) is 14.1. The Hall–Kier alpha value is -2.24. The van der Waals surface area contributed by atoms with Crippen LogP contribution in [-0.4, -0.2) is 26.2 Å². The highest BCUT2D eigenvalue weighted by atomic mass is 35.5. The second-order valence-corrected chi connectivity index (χ2v) is 6.62. The van der Waals surface area contributed by atoms with E-state index in [-0.39, 0.29) is 5.56 Å². The quantitative estimate of drug-likeness (QED) is 0.719. The third-order valence-corrected chi connectivity index (χ3v) is 4.68. The van der Waals surface area contributed by atoms with Gasteiger partial charge in [0.25, 0.3) is 5.56 Å². The Bertz CT molecular complexity index is 982. The van der Waals surface area contributed by atoms with Gasteiger partial charge >= 0.3 is 0 Å². The van der Waals surface area contributed by atoms with Crippen LogP contribution in [0, 0.1) is 0 Å². The Morgan fingerprint density at radius 2 is 2.17 bits per heavy atom. The van der Waals surface area contributed by atoms with E-state index in [0.717, 1.165) is 58.8 Å². The Morgan fingerprint density at radius 3 is 3.04 bits per heavy atom. The molecule has 0 spiro atoms. The van der Waals surface area contributed by atoms with Gasteiger partial charge in [0.1, 0.15) is 0 Å². The first-order chi connectivity index (χ1) is 11.6. The zero-order chi connectivity index (χ0) is 16.7. The van der Waals surface area contributed by atoms with Crippen molar-refractivity contribution in [2.75, 3.05) is 6.54 Å². The van der Waals surface area contributed by atoms with E-state index in [1.165, 1.54) is 4.68 Å². The van der Waals surface area contributed by atoms with Crippen molar-refractivity contribution < 1.29 is 0 Å². The predicted molar refractivity (Wildman–Crippen MR) is 94.0 cm³/mol. The Kier molecular flexibility index (Phi) is 3.82. The van der Waals surface area contributed by atoms with Crippen molar-refractivity contribution in [3.8, 4) is 0 Å². The molecule has 0 bridgehead atoms. The molecule has 0 aliphatic carbocycles. The Balaban J connectivity index is 1.65. The van der Waals surface area contributed by atoms with E-state index in [2.05, 4.69) is 15.0 Å². The average molecular weight is 341 g/mol. The standard InChI is InChI=1S/C18H17ClN4O/c1-22-17(24)9-13-10-23(6-4-16(13)21-22)11-14-8-15(19)7-12-3-2-5-20-18(12)14/h2-3,5,7-9H,4,6,10-11H2,1H3. The molecule has 0 amide bonds. The van der Waals surface area contributed by atoms with Gasteiger partial charge in [0.2, 0.25) is 0 Å². The zero-order valence-electron chi connectivity index (χ0n) is 13.4. The minimum Gasteiger partial charge on any atom is -0.294 e. The molecule has 1 aliphatic rings. The topological polar surface area (TPSA) is 51.0 Å². The van der Waals surface area contributed by atoms with Crippen molar-refractivity contribution in [2.45, 2.75) is 19.5 Å². The summed E-state index contributed by atoms with van der Waals surface area (Å²) in [7, 11) is 1.69. The van der Waals surface area contributed by atoms with Crippen molar-refractivity contribution in [3.05, 3.63) is 68.7 Å². The molecule has 0 saturated heterocycles. The lowest BCUT2D eigenvalue weighted by Gasteiger charge is -2.28. The highest BCUT2D eigenvalue weighted by molar-refractivity contribution is 6.31. The van der Waals surface area contributed by atoms with Crippen LogP contribution in [0.1, 0.15) is 16.8 Å². The maximum Gasteiger partial charge on any atom is 0.266 e. The van der Waals surface area contributed by atoms with Gasteiger partial charge in [-0.05, 0) is 29.3 Å². The number of benzene rings is 1. The summed E-state index contributed by atoms with van der Waals surface area (Å²) >= 11 is 6.26. The van der Waals surface area contributed by atoms with Crippen LogP contribution in [0.3, 0.4) is 0 Å². The molecule has 122 valence electrons. The van der Waals surface area contributed by atoms with Crippen molar-refractivity contribution >= 4 is 22.5 Å². The second-order valence-electron chi connectivity index (χ2n) is 6.18. The summed E-state index contributed by atoms with van der Waals surface area (Å²) in [5.74, 6) is 0. The molecule has 5 nitrogen and oxygen atoms in total. The largest absolute Gasteiger partial charge is 0.294 e. The van der Waals surface area contributed by atoms with Crippen molar-refractivity contribution in [2.24, 2.45) is 7.05 Å². The molecule has 4 rings (SSSR count). The van der Waals surface area contributed by atoms with Crippen LogP contribution < -0.4 is 5.56 Å². The number of fused-ring (bicyclic) bond motifs is 2. The van der Waals surface area contributed by atoms with Crippen LogP contribution in [0.15, 0.2) is 41.3 Å². The smallest absolute Gasteiger partial charge is 0.266 e. The predicted octanol–water partition coefficient (Wildman–Crippen LogP) is 2.54. The molecular weight excluding hydrogens is 324 g/mol. The molecule has 6 heteroatoms. The second kappa shape index (κ2) is 6.00. The lowest BCUT2D eigenvalue weighted by atomic mass is 10.0. The minimum atomic E-state index is -0.0644. The van der Waals surface area contributed by atoms with E-state index >= 15 is 0 Å². The molecule has 0 saturated carbocycles. The van der Waals surface area contributed by atoms with E-state index < -0.39 is 0 Å². The molecule has 1 aromatic carbocycles. The number of nitrogens with zero attached hydrogens (tertiary/aromatic N) is 4. The SMILES string of the molecule is Cn1nc2c(cc1=O)CN(Cc1cc(Cl)cc3cccnc13)CC2. The van der Waals surface area contributed by atoms with Crippen LogP contribution in [-0.2, 0) is 26.6 Å². The van der Waals surface area contributed by atoms with E-state index in [0.29, 0.717) is 0 Å². The Labute approximate surface area is 144 Å². The van der Waals surface area contributed by atoms with Gasteiger partial charge in [-0.3, -0.25) is 14.7 Å². The highest BCUT2D eigenvalue weighted by Crippen LogP contribution is 2.25. The van der Waals surface area contributed by atoms with Gasteiger partial charge in [-0.1, -0.05) is 17.7 Å². The fraction of sp³-hybridized carbons (Fsp3) is 0.278. The number of aromatic nitrogens is 3. The molecule has 2 aromatic heterocycles. The monoisotopic (exact) mass is 340 g/mol. The lowest BCUT2D eigenvalue weighted by Crippen LogP contribution is -2.34. The average Bonchev–Trinajstić information content (AvgIpc) is 2.56. The van der Waals surface area contributed by atoms with E-state index in [1.54, 1.807) is 19.3 Å². The maximum absolute atomic E-state index is 11.8. The Morgan fingerprint density at radius 1 is 1.29 bits per heavy atom. The van der Waals surface area contributed by atoms with E-state index in [4.69, 9.17) is 11.6 Å². The van der Waals surface area contributed by atoms with Gasteiger partial charge in [0.15, 0.2) is 0 Å². The third kappa shape index (κ3) is 2.81. The van der Waals surface area contributed by atoms with Crippen LogP contribution in [0.2, 0.25) is 5.02 Å². The molecule has 3 aromatic rings. The summed E-state index contributed by atoms with van der Waals surface area (Å²) < 4.78 is 1.41. The molecule has 0 atom stereocenters. The van der Waals surface area contributed by atoms with Gasteiger partial charge in [0.05, 0.1) is 11.2 Å². The first-order valence-electron chi connectivity index (χ1n) is 7.92. The molecule has 0 radical (unpaired) electrons. The minimum absolute atomic E-state index is 0.0644. The summed E-state index contributed by atoms with van der Waals surface area (Å²) in [6.45, 7) is 2.38. The lowest BCUT2D eigenvalue weighted by molar-refractivity contribution is 0.242. The first-order valence-corrected chi connectivity index (χ1v) is 8.29. The number of hydrogen-bond donors (Lipinski definition) is 0. The fourth-order valence-corrected chi connectivity index (χ4v) is 3.52. The number of hydrogen-bond acceptors (Lipinski definition) is 4. The summed E-state index contributed by atoms with van der Waals surface area (Å²) in [6, 6.07) is 9.56. The van der Waals surface area contributed by atoms with Gasteiger partial charge in [-0.2, -0.15) is 5.10 Å². The molecular formula is C18H17ClN4O. The molecule has 0 unspecified atom stereocenters. The summed E-state index contributed by atoms with van der Waals surface area (Å²) in [5.41, 5.74) is 4.06. The summed E-state index contributed by atoms with van der Waals surface area (Å²) in [6.07, 6.45) is 2.65. The van der Waals surface area contributed by atoms with Crippen LogP contribution in [0.4, 0.5) is 0 Å². The van der Waals surface area contributed by atoms with Crippen LogP contribution >= 0.6 is 11.6 Å². The van der Waals surface area contributed by atoms with Crippen LogP contribution in [0.5, 0.6) is 0 Å². The van der Waals surface area contributed by atoms with Crippen molar-refractivity contribution in [1.29, 1.82) is 0 Å². The van der Waals surface area contributed by atoms with Gasteiger partial charge in [-0.25, -0.2) is 4.68 Å². The summed E-state index contributed by atoms with van der Waals surface area (Å²) in [4.78, 5) is 18.6. The molecule has 1 aliphatic heterocycles. The maximum atomic E-state index is 11.8. The van der Waals surface area contributed by atoms with E-state index in [1.807, 2.05) is 24.3 Å². The normalized spacial score (nSPS) is 14.8. The van der Waals surface area contributed by atoms with Gasteiger partial charge in [-0.15, -0.1) is 0 Å². The van der Waals surface area contributed by atoms with E-state index in [9.17, 15) is 4.79 Å². The fourth-order valence-electron chi connectivity index (χ4n) is 3.28. The van der Waals surface area contributed by atoms with Crippen LogP contribution in [0.25, 0.3) is 10.9 Å². The van der Waals surface area contributed by atoms with Gasteiger partial charge < -0.3 is 0 Å². The first kappa shape index (κ1) is 15.3. The van der Waals surface area contributed by atoms with Crippen molar-refractivity contribution in [1.82, 2.24) is 19.7 Å². The number of rotatable bonds is 2.